The second-order valence-corrected chi connectivity index (χ2v) is 9.04. The van der Waals surface area contributed by atoms with E-state index in [4.69, 9.17) is 23.7 Å². The lowest BCUT2D eigenvalue weighted by Gasteiger charge is -2.32. The number of hydrogen-bond donors (Lipinski definition) is 2. The lowest BCUT2D eigenvalue weighted by molar-refractivity contribution is -0.123. The summed E-state index contributed by atoms with van der Waals surface area (Å²) >= 11 is 0. The number of nitrogens with one attached hydrogen (secondary N) is 1. The fraction of sp³-hybridized carbons (Fsp3) is 0.519. The molecule has 1 amide bonds. The summed E-state index contributed by atoms with van der Waals surface area (Å²) in [5, 5.41) is 14.4. The van der Waals surface area contributed by atoms with E-state index in [0.29, 0.717) is 49.2 Å². The molecule has 2 aromatic carbocycles. The molecular weight excluding hydrogens is 464 g/mol. The van der Waals surface area contributed by atoms with E-state index in [1.807, 2.05) is 18.2 Å². The van der Waals surface area contributed by atoms with Crippen LogP contribution in [0, 0.1) is 0 Å². The van der Waals surface area contributed by atoms with Crippen molar-refractivity contribution in [1.82, 2.24) is 10.2 Å². The number of nitrogens with zero attached hydrogens (tertiary/aromatic N) is 1. The molecule has 2 N–H and O–H groups in total. The predicted octanol–water partition coefficient (Wildman–Crippen LogP) is 2.56. The fourth-order valence-corrected chi connectivity index (χ4v) is 4.68. The Balaban J connectivity index is 1.40. The maximum Gasteiger partial charge on any atom is 0.223 e. The van der Waals surface area contributed by atoms with Crippen LogP contribution in [0.5, 0.6) is 23.0 Å². The second-order valence-electron chi connectivity index (χ2n) is 9.04. The molecule has 1 fully saturated rings. The normalized spacial score (nSPS) is 18.9. The molecule has 0 saturated carbocycles. The van der Waals surface area contributed by atoms with Crippen molar-refractivity contribution in [2.45, 2.75) is 37.5 Å². The molecule has 4 rings (SSSR count). The molecular formula is C27H36N2O7. The maximum absolute atomic E-state index is 12.9. The van der Waals surface area contributed by atoms with E-state index in [9.17, 15) is 9.90 Å². The molecule has 0 bridgehead atoms. The standard InChI is InChI=1S/C27H36N2O7/c1-32-18-20-4-3-12-29(20)17-23(27(31)19-5-10-24-25(16-19)36-15-14-35-24)28-26(30)11-13-34-22-8-6-21(33-2)7-9-22/h5-10,16,20,23,27,31H,3-4,11-15,17-18H2,1-2H3,(H,28,30)/t20?,23-,27-/m1/s1. The number of hydrogen-bond acceptors (Lipinski definition) is 8. The van der Waals surface area contributed by atoms with Gasteiger partial charge in [-0.2, -0.15) is 0 Å². The van der Waals surface area contributed by atoms with Gasteiger partial charge in [-0.3, -0.25) is 9.69 Å². The highest BCUT2D eigenvalue weighted by molar-refractivity contribution is 5.76. The third kappa shape index (κ3) is 6.81. The molecule has 1 unspecified atom stereocenters. The number of fused-ring (bicyclic) bond motifs is 1. The molecule has 196 valence electrons. The molecule has 3 atom stereocenters. The van der Waals surface area contributed by atoms with Crippen molar-refractivity contribution in [3.63, 3.8) is 0 Å². The van der Waals surface area contributed by atoms with Gasteiger partial charge < -0.3 is 34.1 Å². The van der Waals surface area contributed by atoms with Crippen LogP contribution in [0.3, 0.4) is 0 Å². The first-order valence-corrected chi connectivity index (χ1v) is 12.4. The van der Waals surface area contributed by atoms with Crippen molar-refractivity contribution in [3.8, 4) is 23.0 Å². The van der Waals surface area contributed by atoms with Gasteiger partial charge in [0.2, 0.25) is 5.91 Å². The topological polar surface area (TPSA) is 98.7 Å². The number of likely N-dealkylation sites (tertiary alicyclic amines) is 1. The third-order valence-corrected chi connectivity index (χ3v) is 6.58. The molecule has 0 aliphatic carbocycles. The van der Waals surface area contributed by atoms with Gasteiger partial charge in [-0.05, 0) is 61.3 Å². The summed E-state index contributed by atoms with van der Waals surface area (Å²) in [6, 6.07) is 12.4. The highest BCUT2D eigenvalue weighted by Gasteiger charge is 2.31. The number of aliphatic hydroxyl groups is 1. The Kier molecular flexibility index (Phi) is 9.27. The average molecular weight is 501 g/mol. The zero-order chi connectivity index (χ0) is 25.3. The molecule has 0 aromatic heterocycles. The van der Waals surface area contributed by atoms with Gasteiger partial charge in [-0.15, -0.1) is 0 Å². The predicted molar refractivity (Wildman–Crippen MR) is 134 cm³/mol. The monoisotopic (exact) mass is 500 g/mol. The Hall–Kier alpha value is -3.01. The van der Waals surface area contributed by atoms with Crippen LogP contribution >= 0.6 is 0 Å². The van der Waals surface area contributed by atoms with E-state index in [-0.39, 0.29) is 25.0 Å². The molecule has 2 aliphatic rings. The van der Waals surface area contributed by atoms with Gasteiger partial charge in [0.1, 0.15) is 30.8 Å². The van der Waals surface area contributed by atoms with Crippen LogP contribution in [0.25, 0.3) is 0 Å². The Labute approximate surface area is 212 Å². The Bertz CT molecular complexity index is 985. The molecule has 2 heterocycles. The van der Waals surface area contributed by atoms with Crippen LogP contribution in [0.2, 0.25) is 0 Å². The minimum atomic E-state index is -0.920. The molecule has 0 radical (unpaired) electrons. The van der Waals surface area contributed by atoms with Gasteiger partial charge in [-0.25, -0.2) is 0 Å². The van der Waals surface area contributed by atoms with Gasteiger partial charge >= 0.3 is 0 Å². The summed E-state index contributed by atoms with van der Waals surface area (Å²) < 4.78 is 27.6. The minimum Gasteiger partial charge on any atom is -0.497 e. The summed E-state index contributed by atoms with van der Waals surface area (Å²) in [6.07, 6.45) is 1.34. The summed E-state index contributed by atoms with van der Waals surface area (Å²) in [4.78, 5) is 15.2. The van der Waals surface area contributed by atoms with Crippen LogP contribution in [-0.4, -0.2) is 81.7 Å². The maximum atomic E-state index is 12.9. The van der Waals surface area contributed by atoms with Crippen molar-refractivity contribution < 1.29 is 33.6 Å². The third-order valence-electron chi connectivity index (χ3n) is 6.58. The molecule has 0 spiro atoms. The number of rotatable bonds is 12. The molecule has 36 heavy (non-hydrogen) atoms. The quantitative estimate of drug-likeness (QED) is 0.459. The van der Waals surface area contributed by atoms with E-state index >= 15 is 0 Å². The van der Waals surface area contributed by atoms with Crippen LogP contribution < -0.4 is 24.3 Å². The zero-order valence-electron chi connectivity index (χ0n) is 21.0. The van der Waals surface area contributed by atoms with Crippen LogP contribution in [0.1, 0.15) is 30.9 Å². The van der Waals surface area contributed by atoms with E-state index in [2.05, 4.69) is 10.2 Å². The van der Waals surface area contributed by atoms with Gasteiger partial charge in [-0.1, -0.05) is 6.07 Å². The zero-order valence-corrected chi connectivity index (χ0v) is 21.0. The van der Waals surface area contributed by atoms with Crippen molar-refractivity contribution in [2.24, 2.45) is 0 Å². The summed E-state index contributed by atoms with van der Waals surface area (Å²) in [7, 11) is 3.30. The molecule has 2 aliphatic heterocycles. The van der Waals surface area contributed by atoms with Crippen LogP contribution in [0.15, 0.2) is 42.5 Å². The number of methoxy groups -OCH3 is 2. The van der Waals surface area contributed by atoms with Gasteiger partial charge in [0, 0.05) is 19.7 Å². The van der Waals surface area contributed by atoms with Crippen LogP contribution in [0.4, 0.5) is 0 Å². The van der Waals surface area contributed by atoms with E-state index < -0.39 is 12.1 Å². The number of amides is 1. The fourth-order valence-electron chi connectivity index (χ4n) is 4.68. The average Bonchev–Trinajstić information content (AvgIpc) is 3.34. The Morgan fingerprint density at radius 3 is 2.61 bits per heavy atom. The van der Waals surface area contributed by atoms with Gasteiger partial charge in [0.25, 0.3) is 0 Å². The number of carbonyl (C=O) groups excluding carboxylic acids is 1. The summed E-state index contributed by atoms with van der Waals surface area (Å²) in [5.41, 5.74) is 0.668. The number of ether oxygens (including phenoxy) is 5. The van der Waals surface area contributed by atoms with Crippen molar-refractivity contribution >= 4 is 5.91 Å². The summed E-state index contributed by atoms with van der Waals surface area (Å²) in [5.74, 6) is 2.48. The van der Waals surface area contributed by atoms with E-state index in [1.165, 1.54) is 0 Å². The van der Waals surface area contributed by atoms with Crippen molar-refractivity contribution in [2.75, 3.05) is 53.7 Å². The smallest absolute Gasteiger partial charge is 0.223 e. The highest BCUT2D eigenvalue weighted by Crippen LogP contribution is 2.34. The Morgan fingerprint density at radius 1 is 1.11 bits per heavy atom. The minimum absolute atomic E-state index is 0.165. The molecule has 2 aromatic rings. The van der Waals surface area contributed by atoms with Crippen LogP contribution in [-0.2, 0) is 9.53 Å². The first kappa shape index (κ1) is 26.1. The second kappa shape index (κ2) is 12.8. The van der Waals surface area contributed by atoms with Crippen molar-refractivity contribution in [1.29, 1.82) is 0 Å². The van der Waals surface area contributed by atoms with Gasteiger partial charge in [0.05, 0.1) is 32.8 Å². The Morgan fingerprint density at radius 2 is 1.86 bits per heavy atom. The van der Waals surface area contributed by atoms with Crippen molar-refractivity contribution in [3.05, 3.63) is 48.0 Å². The first-order chi connectivity index (χ1) is 17.6. The van der Waals surface area contributed by atoms with Gasteiger partial charge in [0.15, 0.2) is 11.5 Å². The highest BCUT2D eigenvalue weighted by atomic mass is 16.6. The lowest BCUT2D eigenvalue weighted by atomic mass is 10.00. The largest absolute Gasteiger partial charge is 0.497 e. The first-order valence-electron chi connectivity index (χ1n) is 12.4. The van der Waals surface area contributed by atoms with E-state index in [1.54, 1.807) is 38.5 Å². The SMILES string of the molecule is COCC1CCCN1C[C@@H](NC(=O)CCOc1ccc(OC)cc1)[C@H](O)c1ccc2c(c1)OCCO2. The number of benzene rings is 2. The molecule has 9 nitrogen and oxygen atoms in total. The molecule has 9 heteroatoms. The van der Waals surface area contributed by atoms with E-state index in [0.717, 1.165) is 25.1 Å². The lowest BCUT2D eigenvalue weighted by Crippen LogP contribution is -2.49. The number of aliphatic hydroxyl groups excluding tert-OH is 1. The summed E-state index contributed by atoms with van der Waals surface area (Å²) in [6.45, 7) is 3.22. The number of carbonyl (C=O) groups is 1. The molecule has 1 saturated heterocycles.